The molecule has 1 saturated carbocycles. The minimum atomic E-state index is -1.59. The van der Waals surface area contributed by atoms with Crippen molar-refractivity contribution in [2.45, 2.75) is 43.6 Å². The van der Waals surface area contributed by atoms with Gasteiger partial charge in [0.2, 0.25) is 0 Å². The van der Waals surface area contributed by atoms with Crippen molar-refractivity contribution >= 4 is 13.1 Å². The fourth-order valence-corrected chi connectivity index (χ4v) is 2.23. The van der Waals surface area contributed by atoms with Crippen LogP contribution in [0.15, 0.2) is 0 Å². The lowest BCUT2D eigenvalue weighted by Crippen LogP contribution is -2.60. The van der Waals surface area contributed by atoms with Crippen LogP contribution in [0.25, 0.3) is 0 Å². The highest BCUT2D eigenvalue weighted by atomic mass is 16.4. The van der Waals surface area contributed by atoms with E-state index in [1.165, 1.54) is 0 Å². The van der Waals surface area contributed by atoms with E-state index in [0.29, 0.717) is 19.3 Å². The summed E-state index contributed by atoms with van der Waals surface area (Å²) in [5.41, 5.74) is 4.07. The maximum absolute atomic E-state index is 11.0. The van der Waals surface area contributed by atoms with E-state index in [2.05, 4.69) is 0 Å². The van der Waals surface area contributed by atoms with Crippen LogP contribution in [0.1, 0.15) is 25.7 Å². The fraction of sp³-hybridized carbons (Fsp3) is 0.889. The quantitative estimate of drug-likeness (QED) is 0.387. The van der Waals surface area contributed by atoms with Gasteiger partial charge in [0.25, 0.3) is 0 Å². The molecule has 16 heavy (non-hydrogen) atoms. The monoisotopic (exact) mass is 231 g/mol. The number of hydrogen-bond donors (Lipinski definition) is 5. The van der Waals surface area contributed by atoms with Crippen molar-refractivity contribution in [3.63, 3.8) is 0 Å². The molecule has 0 aromatic heterocycles. The standard InChI is InChI=1S/C9H18BNO5/c11-9(8(13)14)5-6(1-2-7(9)12)3-4-10(15)16/h6-7,12,15-16H,1-5,11H2,(H,13,14)/t6-,7-,9+/m0/s1. The first-order valence-corrected chi connectivity index (χ1v) is 5.42. The molecule has 0 aliphatic heterocycles. The Hall–Kier alpha value is -0.625. The van der Waals surface area contributed by atoms with Gasteiger partial charge in [0.05, 0.1) is 6.10 Å². The van der Waals surface area contributed by atoms with E-state index in [1.807, 2.05) is 0 Å². The molecule has 3 atom stereocenters. The first-order chi connectivity index (χ1) is 7.36. The van der Waals surface area contributed by atoms with Crippen molar-refractivity contribution in [3.05, 3.63) is 0 Å². The number of aliphatic hydroxyl groups excluding tert-OH is 1. The molecular formula is C9H18BNO5. The Balaban J connectivity index is 2.57. The van der Waals surface area contributed by atoms with E-state index in [1.54, 1.807) is 0 Å². The Labute approximate surface area is 94.2 Å². The normalized spacial score (nSPS) is 34.8. The van der Waals surface area contributed by atoms with Crippen LogP contribution in [-0.2, 0) is 4.79 Å². The summed E-state index contributed by atoms with van der Waals surface area (Å²) in [7, 11) is -1.37. The Morgan fingerprint density at radius 2 is 2.06 bits per heavy atom. The number of rotatable bonds is 4. The van der Waals surface area contributed by atoms with Gasteiger partial charge in [-0.2, -0.15) is 0 Å². The zero-order valence-electron chi connectivity index (χ0n) is 9.04. The van der Waals surface area contributed by atoms with E-state index in [0.717, 1.165) is 0 Å². The first-order valence-electron chi connectivity index (χ1n) is 5.42. The lowest BCUT2D eigenvalue weighted by molar-refractivity contribution is -0.151. The molecule has 0 radical (unpaired) electrons. The van der Waals surface area contributed by atoms with Crippen LogP contribution in [-0.4, -0.2) is 45.0 Å². The smallest absolute Gasteiger partial charge is 0.451 e. The largest absolute Gasteiger partial charge is 0.480 e. The van der Waals surface area contributed by atoms with E-state index >= 15 is 0 Å². The van der Waals surface area contributed by atoms with Crippen LogP contribution in [0.4, 0.5) is 0 Å². The number of nitrogens with two attached hydrogens (primary N) is 1. The van der Waals surface area contributed by atoms with Crippen molar-refractivity contribution in [2.75, 3.05) is 0 Å². The average molecular weight is 231 g/mol. The van der Waals surface area contributed by atoms with E-state index in [4.69, 9.17) is 20.9 Å². The molecule has 1 fully saturated rings. The molecule has 0 spiro atoms. The van der Waals surface area contributed by atoms with Gasteiger partial charge in [-0.15, -0.1) is 0 Å². The molecule has 1 aliphatic carbocycles. The van der Waals surface area contributed by atoms with Crippen molar-refractivity contribution in [2.24, 2.45) is 11.7 Å². The van der Waals surface area contributed by atoms with Crippen LogP contribution in [0.5, 0.6) is 0 Å². The number of aliphatic hydroxyl groups is 1. The summed E-state index contributed by atoms with van der Waals surface area (Å²) in [6, 6.07) is 0. The van der Waals surface area contributed by atoms with E-state index < -0.39 is 24.7 Å². The van der Waals surface area contributed by atoms with E-state index in [-0.39, 0.29) is 18.7 Å². The van der Waals surface area contributed by atoms with Crippen LogP contribution in [0, 0.1) is 5.92 Å². The molecule has 0 heterocycles. The summed E-state index contributed by atoms with van der Waals surface area (Å²) in [5.74, 6) is -1.18. The second-order valence-corrected chi connectivity index (χ2v) is 4.57. The third-order valence-electron chi connectivity index (χ3n) is 3.30. The summed E-state index contributed by atoms with van der Waals surface area (Å²) < 4.78 is 0. The molecule has 7 heteroatoms. The van der Waals surface area contributed by atoms with E-state index in [9.17, 15) is 9.90 Å². The number of carboxylic acid groups (broad SMARTS) is 1. The number of carboxylic acids is 1. The summed E-state index contributed by atoms with van der Waals surface area (Å²) in [6.07, 6.45) is 0.874. The van der Waals surface area contributed by atoms with Gasteiger partial charge in [0, 0.05) is 0 Å². The molecule has 6 N–H and O–H groups in total. The van der Waals surface area contributed by atoms with Gasteiger partial charge in [0.1, 0.15) is 5.54 Å². The molecule has 0 saturated heterocycles. The summed E-state index contributed by atoms with van der Waals surface area (Å²) in [5, 5.41) is 36.0. The predicted octanol–water partition coefficient (Wildman–Crippen LogP) is -1.21. The van der Waals surface area contributed by atoms with Crippen LogP contribution in [0.2, 0.25) is 6.32 Å². The van der Waals surface area contributed by atoms with Gasteiger partial charge < -0.3 is 26.0 Å². The molecule has 0 unspecified atom stereocenters. The predicted molar refractivity (Wildman–Crippen MR) is 57.5 cm³/mol. The van der Waals surface area contributed by atoms with Crippen molar-refractivity contribution < 1.29 is 25.1 Å². The van der Waals surface area contributed by atoms with Gasteiger partial charge in [-0.1, -0.05) is 6.42 Å². The van der Waals surface area contributed by atoms with Gasteiger partial charge in [-0.05, 0) is 31.5 Å². The molecular weight excluding hydrogens is 213 g/mol. The Kier molecular flexibility index (Phi) is 4.31. The third-order valence-corrected chi connectivity index (χ3v) is 3.30. The number of hydrogen-bond acceptors (Lipinski definition) is 5. The maximum atomic E-state index is 11.0. The Morgan fingerprint density at radius 3 is 2.56 bits per heavy atom. The molecule has 0 bridgehead atoms. The van der Waals surface area contributed by atoms with Crippen molar-refractivity contribution in [1.82, 2.24) is 0 Å². The zero-order chi connectivity index (χ0) is 12.3. The minimum absolute atomic E-state index is 0.0197. The highest BCUT2D eigenvalue weighted by Crippen LogP contribution is 2.34. The zero-order valence-corrected chi connectivity index (χ0v) is 9.04. The molecule has 0 amide bonds. The van der Waals surface area contributed by atoms with Crippen molar-refractivity contribution in [1.29, 1.82) is 0 Å². The molecule has 1 aliphatic rings. The van der Waals surface area contributed by atoms with Gasteiger partial charge in [0.15, 0.2) is 0 Å². The second-order valence-electron chi connectivity index (χ2n) is 4.57. The summed E-state index contributed by atoms with van der Waals surface area (Å²) >= 11 is 0. The lowest BCUT2D eigenvalue weighted by atomic mass is 9.70. The Morgan fingerprint density at radius 1 is 1.44 bits per heavy atom. The molecule has 0 aromatic carbocycles. The maximum Gasteiger partial charge on any atom is 0.451 e. The third kappa shape index (κ3) is 2.94. The number of aliphatic carboxylic acids is 1. The van der Waals surface area contributed by atoms with Gasteiger partial charge >= 0.3 is 13.1 Å². The summed E-state index contributed by atoms with van der Waals surface area (Å²) in [6.45, 7) is 0. The topological polar surface area (TPSA) is 124 Å². The van der Waals surface area contributed by atoms with Gasteiger partial charge in [-0.3, -0.25) is 4.79 Å². The average Bonchev–Trinajstić information content (AvgIpc) is 2.19. The summed E-state index contributed by atoms with van der Waals surface area (Å²) in [4.78, 5) is 11.0. The number of carbonyl (C=O) groups is 1. The molecule has 6 nitrogen and oxygen atoms in total. The highest BCUT2D eigenvalue weighted by molar-refractivity contribution is 6.40. The fourth-order valence-electron chi connectivity index (χ4n) is 2.23. The van der Waals surface area contributed by atoms with Crippen molar-refractivity contribution in [3.8, 4) is 0 Å². The lowest BCUT2D eigenvalue weighted by Gasteiger charge is -2.38. The second kappa shape index (κ2) is 5.14. The molecule has 0 aromatic rings. The molecule has 1 rings (SSSR count). The first kappa shape index (κ1) is 13.4. The molecule has 92 valence electrons. The SMILES string of the molecule is N[C@]1(C(=O)O)C[C@H](CCB(O)O)CC[C@@H]1O. The van der Waals surface area contributed by atoms with Crippen LogP contribution < -0.4 is 5.73 Å². The van der Waals surface area contributed by atoms with Gasteiger partial charge in [-0.25, -0.2) is 0 Å². The van der Waals surface area contributed by atoms with Crippen LogP contribution in [0.3, 0.4) is 0 Å². The minimum Gasteiger partial charge on any atom is -0.480 e. The highest BCUT2D eigenvalue weighted by Gasteiger charge is 2.46. The van der Waals surface area contributed by atoms with Crippen LogP contribution >= 0.6 is 0 Å². The Bertz CT molecular complexity index is 262.